The van der Waals surface area contributed by atoms with Gasteiger partial charge in [0.2, 0.25) is 5.91 Å². The number of nitrogens with zero attached hydrogens (tertiary/aromatic N) is 1. The van der Waals surface area contributed by atoms with Crippen LogP contribution >= 0.6 is 23.2 Å². The van der Waals surface area contributed by atoms with Crippen LogP contribution in [0.25, 0.3) is 0 Å². The van der Waals surface area contributed by atoms with Gasteiger partial charge in [0.25, 0.3) is 15.9 Å². The molecule has 1 saturated heterocycles. The van der Waals surface area contributed by atoms with Crippen molar-refractivity contribution >= 4 is 56.4 Å². The third-order valence-electron chi connectivity index (χ3n) is 5.77. The lowest BCUT2D eigenvalue weighted by Crippen LogP contribution is -2.38. The van der Waals surface area contributed by atoms with Crippen molar-refractivity contribution in [2.24, 2.45) is 0 Å². The summed E-state index contributed by atoms with van der Waals surface area (Å²) in [7, 11) is -4.14. The van der Waals surface area contributed by atoms with Crippen LogP contribution in [0.4, 0.5) is 11.4 Å². The average molecular weight is 562 g/mol. The smallest absolute Gasteiger partial charge is 0.264 e. The van der Waals surface area contributed by atoms with Crippen molar-refractivity contribution in [2.75, 3.05) is 29.3 Å². The molecule has 3 aromatic carbocycles. The van der Waals surface area contributed by atoms with Gasteiger partial charge in [0.05, 0.1) is 38.0 Å². The molecular weight excluding hydrogens is 537 g/mol. The van der Waals surface area contributed by atoms with Gasteiger partial charge in [-0.25, -0.2) is 8.42 Å². The summed E-state index contributed by atoms with van der Waals surface area (Å²) < 4.78 is 33.5. The molecular formula is C26H25Cl2N3O5S. The average Bonchev–Trinajstić information content (AvgIpc) is 3.42. The highest BCUT2D eigenvalue weighted by atomic mass is 35.5. The Morgan fingerprint density at radius 3 is 2.41 bits per heavy atom. The van der Waals surface area contributed by atoms with E-state index >= 15 is 0 Å². The minimum absolute atomic E-state index is 0.00258. The van der Waals surface area contributed by atoms with E-state index in [0.717, 1.165) is 17.1 Å². The van der Waals surface area contributed by atoms with Gasteiger partial charge in [-0.3, -0.25) is 13.9 Å². The molecule has 1 atom stereocenters. The zero-order valence-electron chi connectivity index (χ0n) is 19.7. The number of nitrogens with one attached hydrogen (secondary N) is 2. The Morgan fingerprint density at radius 2 is 1.70 bits per heavy atom. The fraction of sp³-hybridized carbons (Fsp3) is 0.231. The zero-order valence-corrected chi connectivity index (χ0v) is 22.0. The van der Waals surface area contributed by atoms with E-state index in [1.807, 2.05) is 0 Å². The normalized spacial score (nSPS) is 15.2. The van der Waals surface area contributed by atoms with Gasteiger partial charge in [-0.05, 0) is 55.3 Å². The topological polar surface area (TPSA) is 105 Å². The first-order chi connectivity index (χ1) is 17.8. The molecule has 37 heavy (non-hydrogen) atoms. The summed E-state index contributed by atoms with van der Waals surface area (Å²) in [6.45, 7) is 0.469. The summed E-state index contributed by atoms with van der Waals surface area (Å²) in [5.41, 5.74) is 0.667. The van der Waals surface area contributed by atoms with E-state index < -0.39 is 22.5 Å². The number of sulfonamides is 1. The highest BCUT2D eigenvalue weighted by Gasteiger charge is 2.28. The fourth-order valence-corrected chi connectivity index (χ4v) is 5.62. The Labute approximate surface area is 225 Å². The Balaban J connectivity index is 1.56. The summed E-state index contributed by atoms with van der Waals surface area (Å²) in [4.78, 5) is 26.0. The first kappa shape index (κ1) is 26.9. The molecule has 194 valence electrons. The minimum atomic E-state index is -4.14. The molecule has 8 nitrogen and oxygen atoms in total. The molecule has 0 saturated carbocycles. The SMILES string of the molecule is O=C(CN(c1ccc(Cl)c(Cl)c1)S(=O)(=O)c1ccccc1)Nc1ccccc1C(=O)NC[C@@H]1CCCO1. The number of carbonyl (C=O) groups excluding carboxylic acids is 2. The van der Waals surface area contributed by atoms with E-state index in [9.17, 15) is 18.0 Å². The second kappa shape index (κ2) is 12.0. The first-order valence-electron chi connectivity index (χ1n) is 11.6. The molecule has 3 aromatic rings. The number of rotatable bonds is 9. The highest BCUT2D eigenvalue weighted by molar-refractivity contribution is 7.92. The molecule has 1 aliphatic rings. The van der Waals surface area contributed by atoms with Crippen LogP contribution in [0.5, 0.6) is 0 Å². The summed E-state index contributed by atoms with van der Waals surface area (Å²) >= 11 is 12.2. The molecule has 4 rings (SSSR count). The van der Waals surface area contributed by atoms with Crippen LogP contribution in [0.15, 0.2) is 77.7 Å². The van der Waals surface area contributed by atoms with Crippen LogP contribution in [-0.2, 0) is 19.6 Å². The number of para-hydroxylation sites is 1. The second-order valence-corrected chi connectivity index (χ2v) is 11.0. The van der Waals surface area contributed by atoms with Crippen molar-refractivity contribution in [3.63, 3.8) is 0 Å². The van der Waals surface area contributed by atoms with Crippen LogP contribution in [-0.4, -0.2) is 46.0 Å². The van der Waals surface area contributed by atoms with Crippen LogP contribution in [0, 0.1) is 0 Å². The van der Waals surface area contributed by atoms with E-state index in [1.165, 1.54) is 30.3 Å². The molecule has 1 aliphatic heterocycles. The molecule has 0 bridgehead atoms. The van der Waals surface area contributed by atoms with E-state index in [2.05, 4.69) is 10.6 Å². The summed E-state index contributed by atoms with van der Waals surface area (Å²) in [5, 5.41) is 5.89. The van der Waals surface area contributed by atoms with Crippen molar-refractivity contribution in [3.05, 3.63) is 88.4 Å². The van der Waals surface area contributed by atoms with Gasteiger partial charge in [-0.1, -0.05) is 53.5 Å². The number of ether oxygens (including phenoxy) is 1. The number of hydrogen-bond acceptors (Lipinski definition) is 5. The molecule has 0 spiro atoms. The van der Waals surface area contributed by atoms with Gasteiger partial charge in [0.1, 0.15) is 6.54 Å². The molecule has 0 radical (unpaired) electrons. The van der Waals surface area contributed by atoms with E-state index in [4.69, 9.17) is 27.9 Å². The maximum absolute atomic E-state index is 13.5. The number of carbonyl (C=O) groups is 2. The van der Waals surface area contributed by atoms with E-state index in [-0.39, 0.29) is 43.9 Å². The number of halogens is 2. The van der Waals surface area contributed by atoms with Crippen molar-refractivity contribution in [3.8, 4) is 0 Å². The van der Waals surface area contributed by atoms with Gasteiger partial charge >= 0.3 is 0 Å². The molecule has 2 amide bonds. The minimum Gasteiger partial charge on any atom is -0.376 e. The number of hydrogen-bond donors (Lipinski definition) is 2. The first-order valence-corrected chi connectivity index (χ1v) is 13.8. The van der Waals surface area contributed by atoms with Crippen LogP contribution in [0.3, 0.4) is 0 Å². The lowest BCUT2D eigenvalue weighted by atomic mass is 10.1. The van der Waals surface area contributed by atoms with E-state index in [1.54, 1.807) is 42.5 Å². The Morgan fingerprint density at radius 1 is 0.973 bits per heavy atom. The molecule has 1 fully saturated rings. The fourth-order valence-electron chi connectivity index (χ4n) is 3.89. The van der Waals surface area contributed by atoms with Crippen LogP contribution in [0.2, 0.25) is 10.0 Å². The monoisotopic (exact) mass is 561 g/mol. The zero-order chi connectivity index (χ0) is 26.4. The maximum atomic E-state index is 13.5. The summed E-state index contributed by atoms with van der Waals surface area (Å²) in [5.74, 6) is -1.02. The molecule has 11 heteroatoms. The number of amides is 2. The Hall–Kier alpha value is -3.11. The Kier molecular flexibility index (Phi) is 8.71. The lowest BCUT2D eigenvalue weighted by Gasteiger charge is -2.24. The maximum Gasteiger partial charge on any atom is 0.264 e. The summed E-state index contributed by atoms with van der Waals surface area (Å²) in [6, 6.07) is 18.6. The third kappa shape index (κ3) is 6.61. The van der Waals surface area contributed by atoms with Crippen molar-refractivity contribution in [1.82, 2.24) is 5.32 Å². The number of anilines is 2. The molecule has 0 aromatic heterocycles. The van der Waals surface area contributed by atoms with Crippen LogP contribution < -0.4 is 14.9 Å². The Bertz CT molecular complexity index is 1380. The van der Waals surface area contributed by atoms with E-state index in [0.29, 0.717) is 13.2 Å². The van der Waals surface area contributed by atoms with Gasteiger partial charge in [-0.2, -0.15) is 0 Å². The second-order valence-electron chi connectivity index (χ2n) is 8.36. The largest absolute Gasteiger partial charge is 0.376 e. The standard InChI is InChI=1S/C26H25Cl2N3O5S/c27-22-13-12-18(15-23(22)28)31(37(34,35)20-8-2-1-3-9-20)17-25(32)30-24-11-5-4-10-21(24)26(33)29-16-19-7-6-14-36-19/h1-5,8-13,15,19H,6-7,14,16-17H2,(H,29,33)(H,30,32)/t19-/m0/s1. The number of benzene rings is 3. The predicted molar refractivity (Wildman–Crippen MR) is 144 cm³/mol. The highest BCUT2D eigenvalue weighted by Crippen LogP contribution is 2.30. The quantitative estimate of drug-likeness (QED) is 0.392. The van der Waals surface area contributed by atoms with Crippen molar-refractivity contribution < 1.29 is 22.7 Å². The van der Waals surface area contributed by atoms with Gasteiger partial charge < -0.3 is 15.4 Å². The molecule has 2 N–H and O–H groups in total. The van der Waals surface area contributed by atoms with Crippen LogP contribution in [0.1, 0.15) is 23.2 Å². The summed E-state index contributed by atoms with van der Waals surface area (Å²) in [6.07, 6.45) is 1.79. The molecule has 0 aliphatic carbocycles. The van der Waals surface area contributed by atoms with Gasteiger partial charge in [0.15, 0.2) is 0 Å². The van der Waals surface area contributed by atoms with Crippen molar-refractivity contribution in [2.45, 2.75) is 23.8 Å². The van der Waals surface area contributed by atoms with Gasteiger partial charge in [0, 0.05) is 13.2 Å². The lowest BCUT2D eigenvalue weighted by molar-refractivity contribution is -0.114. The predicted octanol–water partition coefficient (Wildman–Crippen LogP) is 4.74. The third-order valence-corrected chi connectivity index (χ3v) is 8.30. The molecule has 1 heterocycles. The van der Waals surface area contributed by atoms with Crippen molar-refractivity contribution in [1.29, 1.82) is 0 Å². The molecule has 0 unspecified atom stereocenters. The van der Waals surface area contributed by atoms with Gasteiger partial charge in [-0.15, -0.1) is 0 Å².